The fourth-order valence-corrected chi connectivity index (χ4v) is 4.98. The minimum atomic E-state index is -1.07. The number of rotatable bonds is 3. The average Bonchev–Trinajstić information content (AvgIpc) is 2.75. The molecule has 0 amide bonds. The number of hydrogen-bond donors (Lipinski definition) is 0. The number of carbonyl (C=O) groups is 1. The molecule has 1 aromatic carbocycles. The molecule has 0 spiro atoms. The summed E-state index contributed by atoms with van der Waals surface area (Å²) in [6.07, 6.45) is 1.76. The first-order valence-electron chi connectivity index (χ1n) is 7.04. The third kappa shape index (κ3) is 2.12. The van der Waals surface area contributed by atoms with Crippen molar-refractivity contribution in [1.29, 1.82) is 0 Å². The van der Waals surface area contributed by atoms with E-state index in [1.807, 2.05) is 19.9 Å². The lowest BCUT2D eigenvalue weighted by molar-refractivity contribution is 0.0533. The van der Waals surface area contributed by atoms with Crippen LogP contribution >= 0.6 is 46.4 Å². The number of ether oxygens (including phenoxy) is 1. The summed E-state index contributed by atoms with van der Waals surface area (Å²) < 4.78 is 5.38. The highest BCUT2D eigenvalue weighted by molar-refractivity contribution is 6.53. The van der Waals surface area contributed by atoms with E-state index in [0.29, 0.717) is 21.2 Å². The zero-order chi connectivity index (χ0) is 17.0. The molecule has 2 aliphatic carbocycles. The molecule has 2 unspecified atom stereocenters. The molecule has 0 N–H and O–H groups in total. The Morgan fingerprint density at radius 1 is 1.09 bits per heavy atom. The van der Waals surface area contributed by atoms with Crippen molar-refractivity contribution < 1.29 is 9.53 Å². The number of carbonyl (C=O) groups excluding carboxylic acids is 1. The van der Waals surface area contributed by atoms with Gasteiger partial charge in [0.25, 0.3) is 0 Å². The summed E-state index contributed by atoms with van der Waals surface area (Å²) in [7, 11) is 0. The van der Waals surface area contributed by atoms with Crippen LogP contribution < -0.4 is 0 Å². The van der Waals surface area contributed by atoms with Gasteiger partial charge < -0.3 is 4.74 Å². The van der Waals surface area contributed by atoms with Crippen LogP contribution in [0, 0.1) is 5.41 Å². The smallest absolute Gasteiger partial charge is 0.338 e. The standard InChI is InChI=1S/C17H14Cl4O2/c1-15(2)16(20)8-11(17(15,21)13(19)12(16)18)9-23-14(22)10-6-4-3-5-7-10/h3-8H,9H2,1-2H3. The Kier molecular flexibility index (Phi) is 4.04. The van der Waals surface area contributed by atoms with Crippen LogP contribution in [0.2, 0.25) is 0 Å². The lowest BCUT2D eigenvalue weighted by atomic mass is 9.77. The molecule has 122 valence electrons. The van der Waals surface area contributed by atoms with Crippen molar-refractivity contribution in [2.24, 2.45) is 5.41 Å². The fraction of sp³-hybridized carbons (Fsp3) is 0.353. The van der Waals surface area contributed by atoms with Gasteiger partial charge in [-0.2, -0.15) is 0 Å². The second-order valence-corrected chi connectivity index (χ2v) is 8.15. The average molecular weight is 392 g/mol. The van der Waals surface area contributed by atoms with Crippen LogP contribution in [0.4, 0.5) is 0 Å². The van der Waals surface area contributed by atoms with Gasteiger partial charge in [0, 0.05) is 5.41 Å². The van der Waals surface area contributed by atoms with Crippen LogP contribution in [0.3, 0.4) is 0 Å². The topological polar surface area (TPSA) is 26.3 Å². The molecule has 2 bridgehead atoms. The third-order valence-corrected chi connectivity index (χ3v) is 7.69. The number of hydrogen-bond acceptors (Lipinski definition) is 2. The van der Waals surface area contributed by atoms with Crippen molar-refractivity contribution in [2.45, 2.75) is 23.6 Å². The van der Waals surface area contributed by atoms with E-state index in [0.717, 1.165) is 0 Å². The molecule has 0 radical (unpaired) electrons. The van der Waals surface area contributed by atoms with Crippen LogP contribution in [-0.4, -0.2) is 22.3 Å². The second kappa shape index (κ2) is 5.42. The summed E-state index contributed by atoms with van der Waals surface area (Å²) in [5.41, 5.74) is 0.489. The molecule has 1 aromatic rings. The Balaban J connectivity index is 1.84. The lowest BCUT2D eigenvalue weighted by Gasteiger charge is -2.38. The molecular weight excluding hydrogens is 378 g/mol. The van der Waals surface area contributed by atoms with E-state index in [4.69, 9.17) is 51.1 Å². The van der Waals surface area contributed by atoms with E-state index >= 15 is 0 Å². The van der Waals surface area contributed by atoms with Gasteiger partial charge in [0.15, 0.2) is 0 Å². The SMILES string of the molecule is CC1(C)C2(Cl)C=C(COC(=O)c3ccccc3)C1(Cl)C(Cl)=C2Cl. The molecule has 3 rings (SSSR count). The maximum atomic E-state index is 12.1. The van der Waals surface area contributed by atoms with E-state index in [1.54, 1.807) is 30.3 Å². The van der Waals surface area contributed by atoms with Crippen molar-refractivity contribution in [3.8, 4) is 0 Å². The van der Waals surface area contributed by atoms with Gasteiger partial charge in [0.2, 0.25) is 0 Å². The fourth-order valence-electron chi connectivity index (χ4n) is 3.18. The number of halogens is 4. The largest absolute Gasteiger partial charge is 0.457 e. The molecule has 0 heterocycles. The Hall–Kier alpha value is -0.670. The minimum absolute atomic E-state index is 0.00944. The van der Waals surface area contributed by atoms with Crippen molar-refractivity contribution in [2.75, 3.05) is 6.61 Å². The van der Waals surface area contributed by atoms with Gasteiger partial charge in [-0.3, -0.25) is 0 Å². The van der Waals surface area contributed by atoms with Gasteiger partial charge in [0.1, 0.15) is 16.4 Å². The van der Waals surface area contributed by atoms with Crippen molar-refractivity contribution in [1.82, 2.24) is 0 Å². The molecule has 0 aliphatic heterocycles. The maximum Gasteiger partial charge on any atom is 0.338 e. The van der Waals surface area contributed by atoms with Crippen molar-refractivity contribution in [3.63, 3.8) is 0 Å². The van der Waals surface area contributed by atoms with Gasteiger partial charge in [0.05, 0.1) is 15.6 Å². The molecule has 23 heavy (non-hydrogen) atoms. The van der Waals surface area contributed by atoms with Gasteiger partial charge in [-0.05, 0) is 17.7 Å². The predicted molar refractivity (Wildman–Crippen MR) is 94.5 cm³/mol. The Morgan fingerprint density at radius 2 is 1.70 bits per heavy atom. The monoisotopic (exact) mass is 390 g/mol. The van der Waals surface area contributed by atoms with E-state index in [2.05, 4.69) is 0 Å². The lowest BCUT2D eigenvalue weighted by Crippen LogP contribution is -2.42. The predicted octanol–water partition coefficient (Wildman–Crippen LogP) is 5.47. The highest BCUT2D eigenvalue weighted by Gasteiger charge is 2.70. The molecule has 0 fully saturated rings. The summed E-state index contributed by atoms with van der Waals surface area (Å²) in [5, 5.41) is 0.632. The highest BCUT2D eigenvalue weighted by atomic mass is 35.5. The summed E-state index contributed by atoms with van der Waals surface area (Å²) >= 11 is 26.1. The first-order valence-corrected chi connectivity index (χ1v) is 8.56. The first-order chi connectivity index (χ1) is 10.7. The Labute approximate surface area is 155 Å². The van der Waals surface area contributed by atoms with Crippen molar-refractivity contribution >= 4 is 52.4 Å². The first kappa shape index (κ1) is 17.2. The van der Waals surface area contributed by atoms with E-state index in [9.17, 15) is 4.79 Å². The van der Waals surface area contributed by atoms with Crippen LogP contribution in [0.5, 0.6) is 0 Å². The molecule has 0 saturated heterocycles. The number of esters is 1. The van der Waals surface area contributed by atoms with Gasteiger partial charge in [-0.1, -0.05) is 61.3 Å². The molecule has 2 nitrogen and oxygen atoms in total. The van der Waals surface area contributed by atoms with Crippen LogP contribution in [-0.2, 0) is 4.74 Å². The minimum Gasteiger partial charge on any atom is -0.457 e. The summed E-state index contributed by atoms with van der Waals surface area (Å²) in [6.45, 7) is 3.80. The Bertz CT molecular complexity index is 738. The van der Waals surface area contributed by atoms with E-state index in [-0.39, 0.29) is 6.61 Å². The molecule has 0 aromatic heterocycles. The Morgan fingerprint density at radius 3 is 2.22 bits per heavy atom. The third-order valence-electron chi connectivity index (χ3n) is 4.77. The van der Waals surface area contributed by atoms with E-state index in [1.165, 1.54) is 0 Å². The molecule has 2 atom stereocenters. The van der Waals surface area contributed by atoms with Gasteiger partial charge in [-0.25, -0.2) is 4.79 Å². The molecular formula is C17H14Cl4O2. The molecule has 0 saturated carbocycles. The molecule has 2 aliphatic rings. The summed E-state index contributed by atoms with van der Waals surface area (Å²) in [5.74, 6) is -0.429. The zero-order valence-corrected chi connectivity index (χ0v) is 15.5. The van der Waals surface area contributed by atoms with Gasteiger partial charge in [-0.15, -0.1) is 23.2 Å². The summed E-state index contributed by atoms with van der Waals surface area (Å²) in [4.78, 5) is 10.1. The quantitative estimate of drug-likeness (QED) is 0.388. The highest BCUT2D eigenvalue weighted by Crippen LogP contribution is 2.71. The van der Waals surface area contributed by atoms with Gasteiger partial charge >= 0.3 is 5.97 Å². The van der Waals surface area contributed by atoms with Crippen LogP contribution in [0.1, 0.15) is 24.2 Å². The summed E-state index contributed by atoms with van der Waals surface area (Å²) in [6, 6.07) is 8.74. The molecule has 6 heteroatoms. The maximum absolute atomic E-state index is 12.1. The van der Waals surface area contributed by atoms with Crippen LogP contribution in [0.15, 0.2) is 52.0 Å². The van der Waals surface area contributed by atoms with Crippen molar-refractivity contribution in [3.05, 3.63) is 57.6 Å². The zero-order valence-electron chi connectivity index (χ0n) is 12.5. The number of benzene rings is 1. The van der Waals surface area contributed by atoms with E-state index < -0.39 is 21.1 Å². The number of fused-ring (bicyclic) bond motifs is 2. The number of allylic oxidation sites excluding steroid dienone is 3. The van der Waals surface area contributed by atoms with Crippen LogP contribution in [0.25, 0.3) is 0 Å². The second-order valence-electron chi connectivity index (χ2n) is 6.23. The normalized spacial score (nSPS) is 31.3. The number of alkyl halides is 2.